The highest BCUT2D eigenvalue weighted by atomic mass is 15.2. The van der Waals surface area contributed by atoms with Crippen molar-refractivity contribution in [1.29, 1.82) is 0 Å². The second-order valence-corrected chi connectivity index (χ2v) is 14.5. The molecule has 0 spiro atoms. The molecule has 56 heavy (non-hydrogen) atoms. The number of anilines is 6. The van der Waals surface area contributed by atoms with Gasteiger partial charge >= 0.3 is 0 Å². The molecule has 262 valence electrons. The van der Waals surface area contributed by atoms with Crippen molar-refractivity contribution in [3.8, 4) is 11.1 Å². The normalized spacial score (nSPS) is 11.6. The zero-order valence-electron chi connectivity index (χ0n) is 30.7. The summed E-state index contributed by atoms with van der Waals surface area (Å²) in [5.41, 5.74) is 9.24. The summed E-state index contributed by atoms with van der Waals surface area (Å²) in [6.07, 6.45) is 0. The Kier molecular flexibility index (Phi) is 7.53. The molecule has 2 nitrogen and oxygen atoms in total. The lowest BCUT2D eigenvalue weighted by Gasteiger charge is -2.30. The van der Waals surface area contributed by atoms with E-state index in [0.717, 1.165) is 34.1 Å². The number of fused-ring (bicyclic) bond motifs is 2. The average Bonchev–Trinajstić information content (AvgIpc) is 3.27. The first kappa shape index (κ1) is 32.0. The van der Waals surface area contributed by atoms with Gasteiger partial charge in [0, 0.05) is 33.2 Å². The van der Waals surface area contributed by atoms with Crippen LogP contribution in [0.4, 0.5) is 34.1 Å². The lowest BCUT2D eigenvalue weighted by molar-refractivity contribution is 1.30. The van der Waals surface area contributed by atoms with E-state index in [-0.39, 0.29) is 0 Å². The molecule has 2 heteroatoms. The summed E-state index contributed by atoms with van der Waals surface area (Å²) < 4.78 is 0. The third-order valence-corrected chi connectivity index (χ3v) is 11.3. The number of nitrogens with zero attached hydrogens (tertiary/aromatic N) is 2. The predicted octanol–water partition coefficient (Wildman–Crippen LogP) is 15.5. The second-order valence-electron chi connectivity index (χ2n) is 14.5. The van der Waals surface area contributed by atoms with Crippen LogP contribution in [-0.4, -0.2) is 0 Å². The van der Waals surface area contributed by atoms with E-state index in [1.54, 1.807) is 0 Å². The summed E-state index contributed by atoms with van der Waals surface area (Å²) in [7, 11) is 0. The highest BCUT2D eigenvalue weighted by Crippen LogP contribution is 2.49. The molecule has 0 amide bonds. The smallest absolute Gasteiger partial charge is 0.0546 e. The summed E-state index contributed by atoms with van der Waals surface area (Å²) in [6.45, 7) is 0. The van der Waals surface area contributed by atoms with Crippen LogP contribution in [0.3, 0.4) is 0 Å². The SMILES string of the molecule is c1ccc(-c2ccc(N(c3ccccc3)c3cc4ccc(N(c5ccc6ccccc6c5)c5cccc6ccccc56)c5ccc6cccc3c6c45)cc2)cc1. The first-order valence-electron chi connectivity index (χ1n) is 19.3. The molecule has 0 aromatic heterocycles. The molecule has 0 bridgehead atoms. The molecule has 0 radical (unpaired) electrons. The minimum Gasteiger partial charge on any atom is -0.310 e. The van der Waals surface area contributed by atoms with Gasteiger partial charge in [-0.15, -0.1) is 0 Å². The molecule has 0 aliphatic heterocycles. The number of hydrogen-bond acceptors (Lipinski definition) is 2. The molecule has 0 N–H and O–H groups in total. The van der Waals surface area contributed by atoms with Gasteiger partial charge in [0.25, 0.3) is 0 Å². The first-order valence-corrected chi connectivity index (χ1v) is 19.3. The van der Waals surface area contributed by atoms with Gasteiger partial charge in [0.05, 0.1) is 17.1 Å². The fourth-order valence-corrected chi connectivity index (χ4v) is 8.74. The fraction of sp³-hybridized carbons (Fsp3) is 0. The van der Waals surface area contributed by atoms with Gasteiger partial charge in [-0.05, 0) is 103 Å². The van der Waals surface area contributed by atoms with E-state index in [4.69, 9.17) is 0 Å². The Labute approximate surface area is 326 Å². The number of rotatable bonds is 7. The third kappa shape index (κ3) is 5.26. The van der Waals surface area contributed by atoms with Crippen LogP contribution in [0.25, 0.3) is 65.0 Å². The predicted molar refractivity (Wildman–Crippen MR) is 240 cm³/mol. The van der Waals surface area contributed by atoms with E-state index in [9.17, 15) is 0 Å². The molecule has 0 unspecified atom stereocenters. The van der Waals surface area contributed by atoms with E-state index in [1.165, 1.54) is 65.0 Å². The summed E-state index contributed by atoms with van der Waals surface area (Å²) in [4.78, 5) is 4.88. The van der Waals surface area contributed by atoms with Crippen molar-refractivity contribution >= 4 is 88.0 Å². The Hall–Kier alpha value is -7.42. The molecule has 0 saturated heterocycles. The maximum absolute atomic E-state index is 2.46. The summed E-state index contributed by atoms with van der Waals surface area (Å²) >= 11 is 0. The van der Waals surface area contributed by atoms with E-state index < -0.39 is 0 Å². The zero-order valence-corrected chi connectivity index (χ0v) is 30.7. The molecule has 0 aliphatic carbocycles. The van der Waals surface area contributed by atoms with Crippen molar-refractivity contribution in [3.05, 3.63) is 218 Å². The topological polar surface area (TPSA) is 6.48 Å². The third-order valence-electron chi connectivity index (χ3n) is 11.3. The van der Waals surface area contributed by atoms with Crippen molar-refractivity contribution in [1.82, 2.24) is 0 Å². The molecule has 11 aromatic rings. The van der Waals surface area contributed by atoms with Crippen molar-refractivity contribution in [3.63, 3.8) is 0 Å². The van der Waals surface area contributed by atoms with Crippen LogP contribution < -0.4 is 9.80 Å². The van der Waals surface area contributed by atoms with Gasteiger partial charge < -0.3 is 9.80 Å². The Morgan fingerprint density at radius 2 is 0.768 bits per heavy atom. The first-order chi connectivity index (χ1) is 27.8. The minimum atomic E-state index is 1.12. The summed E-state index contributed by atoms with van der Waals surface area (Å²) in [6, 6.07) is 79.6. The minimum absolute atomic E-state index is 1.12. The van der Waals surface area contributed by atoms with E-state index in [2.05, 4.69) is 228 Å². The zero-order chi connectivity index (χ0) is 37.0. The molecule has 0 heterocycles. The van der Waals surface area contributed by atoms with Gasteiger partial charge in [-0.1, -0.05) is 164 Å². The van der Waals surface area contributed by atoms with Crippen LogP contribution in [0.5, 0.6) is 0 Å². The fourth-order valence-electron chi connectivity index (χ4n) is 8.74. The summed E-state index contributed by atoms with van der Waals surface area (Å²) in [5.74, 6) is 0. The van der Waals surface area contributed by atoms with Crippen LogP contribution in [0, 0.1) is 0 Å². The Balaban J connectivity index is 1.16. The van der Waals surface area contributed by atoms with E-state index in [0.29, 0.717) is 0 Å². The largest absolute Gasteiger partial charge is 0.310 e. The molecule has 11 aromatic carbocycles. The number of benzene rings is 11. The van der Waals surface area contributed by atoms with Crippen molar-refractivity contribution < 1.29 is 0 Å². The van der Waals surface area contributed by atoms with Gasteiger partial charge in [-0.2, -0.15) is 0 Å². The Morgan fingerprint density at radius 3 is 1.61 bits per heavy atom. The quantitative estimate of drug-likeness (QED) is 0.152. The van der Waals surface area contributed by atoms with E-state index in [1.807, 2.05) is 0 Å². The Bertz CT molecular complexity index is 3180. The molecular weight excluding hydrogens is 677 g/mol. The second kappa shape index (κ2) is 13.2. The van der Waals surface area contributed by atoms with Crippen molar-refractivity contribution in [2.75, 3.05) is 9.80 Å². The van der Waals surface area contributed by atoms with E-state index >= 15 is 0 Å². The Morgan fingerprint density at radius 1 is 0.232 bits per heavy atom. The van der Waals surface area contributed by atoms with Crippen LogP contribution >= 0.6 is 0 Å². The molecule has 11 rings (SSSR count). The van der Waals surface area contributed by atoms with Crippen LogP contribution in [-0.2, 0) is 0 Å². The van der Waals surface area contributed by atoms with Gasteiger partial charge in [-0.3, -0.25) is 0 Å². The number of hydrogen-bond donors (Lipinski definition) is 0. The highest BCUT2D eigenvalue weighted by Gasteiger charge is 2.23. The van der Waals surface area contributed by atoms with Crippen LogP contribution in [0.15, 0.2) is 218 Å². The standard InChI is InChI=1S/C54H36N2/c1-3-13-37(14-4-1)39-25-30-45(31-26-39)55(44-20-5-2-6-21-44)52-36-43-29-34-51(49-33-28-41-19-11-23-48(52)53(41)54(43)49)56(46-32-27-38-15-7-8-17-42(38)35-46)50-24-12-18-40-16-9-10-22-47(40)50/h1-36H. The average molecular weight is 713 g/mol. The number of para-hydroxylation sites is 1. The molecule has 0 fully saturated rings. The molecule has 0 atom stereocenters. The van der Waals surface area contributed by atoms with Crippen LogP contribution in [0.2, 0.25) is 0 Å². The van der Waals surface area contributed by atoms with Gasteiger partial charge in [0.15, 0.2) is 0 Å². The monoisotopic (exact) mass is 712 g/mol. The highest BCUT2D eigenvalue weighted by molar-refractivity contribution is 6.29. The van der Waals surface area contributed by atoms with Gasteiger partial charge in [-0.25, -0.2) is 0 Å². The molecule has 0 saturated carbocycles. The van der Waals surface area contributed by atoms with Gasteiger partial charge in [0.1, 0.15) is 0 Å². The summed E-state index contributed by atoms with van der Waals surface area (Å²) in [5, 5.41) is 12.3. The lowest BCUT2D eigenvalue weighted by atomic mass is 9.91. The molecular formula is C54H36N2. The van der Waals surface area contributed by atoms with Crippen molar-refractivity contribution in [2.45, 2.75) is 0 Å². The maximum Gasteiger partial charge on any atom is 0.0546 e. The van der Waals surface area contributed by atoms with Crippen molar-refractivity contribution in [2.24, 2.45) is 0 Å². The van der Waals surface area contributed by atoms with Crippen LogP contribution in [0.1, 0.15) is 0 Å². The maximum atomic E-state index is 2.46. The van der Waals surface area contributed by atoms with Gasteiger partial charge in [0.2, 0.25) is 0 Å². The lowest BCUT2D eigenvalue weighted by Crippen LogP contribution is -2.12. The molecule has 0 aliphatic rings.